The molecular weight excluding hydrogens is 176 g/mol. The highest BCUT2D eigenvalue weighted by atomic mass is 16.3. The summed E-state index contributed by atoms with van der Waals surface area (Å²) in [5.41, 5.74) is 0.323. The minimum absolute atomic E-state index is 0.0809. The van der Waals surface area contributed by atoms with Gasteiger partial charge in [-0.05, 0) is 41.9 Å². The lowest BCUT2D eigenvalue weighted by atomic mass is 9.70. The summed E-state index contributed by atoms with van der Waals surface area (Å²) in [6.45, 7) is 7.00. The van der Waals surface area contributed by atoms with E-state index < -0.39 is 0 Å². The molecule has 2 rings (SSSR count). The maximum Gasteiger partial charge on any atom is 0.0630 e. The fraction of sp³-hybridized carbons (Fsp3) is 1.00. The molecule has 0 unspecified atom stereocenters. The molecule has 0 spiro atoms. The standard InChI is InChI=1S/C12H22O2/c1-11(2)9-4-6-12(11,3)10(14)8(9)5-7-13/h8-10,13-14H,4-7H2,1-3H3/t8-,9-,10-,12-/m0/s1. The van der Waals surface area contributed by atoms with Gasteiger partial charge in [0, 0.05) is 6.61 Å². The molecule has 0 heterocycles. The van der Waals surface area contributed by atoms with E-state index in [1.54, 1.807) is 0 Å². The Morgan fingerprint density at radius 2 is 1.93 bits per heavy atom. The maximum absolute atomic E-state index is 10.3. The van der Waals surface area contributed by atoms with Crippen LogP contribution in [-0.4, -0.2) is 22.9 Å². The third kappa shape index (κ3) is 0.989. The molecule has 2 bridgehead atoms. The lowest BCUT2D eigenvalue weighted by molar-refractivity contribution is -0.0154. The zero-order valence-corrected chi connectivity index (χ0v) is 9.45. The van der Waals surface area contributed by atoms with Crippen molar-refractivity contribution >= 4 is 0 Å². The monoisotopic (exact) mass is 198 g/mol. The zero-order chi connectivity index (χ0) is 10.6. The molecule has 0 saturated heterocycles. The Balaban J connectivity index is 2.29. The van der Waals surface area contributed by atoms with E-state index in [2.05, 4.69) is 20.8 Å². The molecule has 0 aromatic carbocycles. The van der Waals surface area contributed by atoms with E-state index in [-0.39, 0.29) is 23.5 Å². The van der Waals surface area contributed by atoms with Crippen molar-refractivity contribution in [2.24, 2.45) is 22.7 Å². The van der Waals surface area contributed by atoms with E-state index in [9.17, 15) is 5.11 Å². The Hall–Kier alpha value is -0.0800. The topological polar surface area (TPSA) is 40.5 Å². The lowest BCUT2D eigenvalue weighted by Gasteiger charge is -2.37. The van der Waals surface area contributed by atoms with Crippen molar-refractivity contribution in [1.29, 1.82) is 0 Å². The number of fused-ring (bicyclic) bond motifs is 2. The van der Waals surface area contributed by atoms with Gasteiger partial charge in [0.25, 0.3) is 0 Å². The normalized spacial score (nSPS) is 49.9. The van der Waals surface area contributed by atoms with Crippen LogP contribution in [0.3, 0.4) is 0 Å². The number of rotatable bonds is 2. The minimum atomic E-state index is -0.205. The van der Waals surface area contributed by atoms with Crippen molar-refractivity contribution in [3.63, 3.8) is 0 Å². The predicted octanol–water partition coefficient (Wildman–Crippen LogP) is 1.80. The van der Waals surface area contributed by atoms with Crippen LogP contribution < -0.4 is 0 Å². The smallest absolute Gasteiger partial charge is 0.0630 e. The number of hydrogen-bond acceptors (Lipinski definition) is 2. The quantitative estimate of drug-likeness (QED) is 0.710. The highest BCUT2D eigenvalue weighted by Crippen LogP contribution is 2.68. The van der Waals surface area contributed by atoms with Crippen LogP contribution in [0.15, 0.2) is 0 Å². The summed E-state index contributed by atoms with van der Waals surface area (Å²) in [6.07, 6.45) is 2.94. The molecule has 2 aliphatic rings. The molecule has 2 aliphatic carbocycles. The van der Waals surface area contributed by atoms with Gasteiger partial charge in [0.15, 0.2) is 0 Å². The first-order valence-electron chi connectivity index (χ1n) is 5.74. The molecule has 2 heteroatoms. The van der Waals surface area contributed by atoms with Gasteiger partial charge in [-0.2, -0.15) is 0 Å². The molecule has 14 heavy (non-hydrogen) atoms. The van der Waals surface area contributed by atoms with Crippen molar-refractivity contribution in [3.8, 4) is 0 Å². The van der Waals surface area contributed by atoms with Crippen molar-refractivity contribution in [2.75, 3.05) is 6.61 Å². The Bertz CT molecular complexity index is 236. The van der Waals surface area contributed by atoms with Gasteiger partial charge >= 0.3 is 0 Å². The van der Waals surface area contributed by atoms with Crippen LogP contribution in [0.1, 0.15) is 40.0 Å². The SMILES string of the molecule is CC1(C)[C@H]2CC[C@@]1(C)[C@@H](O)[C@H]2CCO. The molecule has 4 atom stereocenters. The number of hydrogen-bond donors (Lipinski definition) is 2. The van der Waals surface area contributed by atoms with Crippen molar-refractivity contribution in [2.45, 2.75) is 46.1 Å². The number of aliphatic hydroxyl groups is 2. The van der Waals surface area contributed by atoms with Gasteiger partial charge in [0.1, 0.15) is 0 Å². The summed E-state index contributed by atoms with van der Waals surface area (Å²) in [6, 6.07) is 0. The highest BCUT2D eigenvalue weighted by Gasteiger charge is 2.65. The molecule has 2 fully saturated rings. The zero-order valence-electron chi connectivity index (χ0n) is 9.45. The van der Waals surface area contributed by atoms with Crippen LogP contribution in [0.2, 0.25) is 0 Å². The summed E-state index contributed by atoms with van der Waals surface area (Å²) in [7, 11) is 0. The van der Waals surface area contributed by atoms with Crippen LogP contribution >= 0.6 is 0 Å². The molecule has 0 amide bonds. The van der Waals surface area contributed by atoms with Crippen LogP contribution in [0.5, 0.6) is 0 Å². The van der Waals surface area contributed by atoms with Crippen LogP contribution in [0.25, 0.3) is 0 Å². The first kappa shape index (κ1) is 10.4. The maximum atomic E-state index is 10.3. The van der Waals surface area contributed by atoms with Crippen molar-refractivity contribution in [3.05, 3.63) is 0 Å². The van der Waals surface area contributed by atoms with Gasteiger partial charge in [0.05, 0.1) is 6.10 Å². The van der Waals surface area contributed by atoms with E-state index in [1.807, 2.05) is 0 Å². The molecule has 2 saturated carbocycles. The van der Waals surface area contributed by atoms with Gasteiger partial charge in [-0.1, -0.05) is 20.8 Å². The fourth-order valence-electron chi connectivity index (χ4n) is 4.04. The third-order valence-corrected chi connectivity index (χ3v) is 5.41. The lowest BCUT2D eigenvalue weighted by Crippen LogP contribution is -2.37. The van der Waals surface area contributed by atoms with E-state index in [4.69, 9.17) is 5.11 Å². The molecule has 0 aliphatic heterocycles. The molecule has 0 aromatic heterocycles. The van der Waals surface area contributed by atoms with Crippen LogP contribution in [0, 0.1) is 22.7 Å². The van der Waals surface area contributed by atoms with Crippen molar-refractivity contribution < 1.29 is 10.2 Å². The molecule has 0 aromatic rings. The van der Waals surface area contributed by atoms with Gasteiger partial charge < -0.3 is 10.2 Å². The summed E-state index contributed by atoms with van der Waals surface area (Å²) in [4.78, 5) is 0. The van der Waals surface area contributed by atoms with Gasteiger partial charge in [-0.15, -0.1) is 0 Å². The molecule has 82 valence electrons. The molecule has 2 nitrogen and oxygen atoms in total. The summed E-state index contributed by atoms with van der Waals surface area (Å²) in [5.74, 6) is 0.934. The first-order chi connectivity index (χ1) is 6.45. The van der Waals surface area contributed by atoms with Gasteiger partial charge in [-0.25, -0.2) is 0 Å². The Labute approximate surface area is 86.3 Å². The van der Waals surface area contributed by atoms with Gasteiger partial charge in [0.2, 0.25) is 0 Å². The van der Waals surface area contributed by atoms with Gasteiger partial charge in [-0.3, -0.25) is 0 Å². The van der Waals surface area contributed by atoms with Crippen LogP contribution in [0.4, 0.5) is 0 Å². The highest BCUT2D eigenvalue weighted by molar-refractivity contribution is 5.14. The average Bonchev–Trinajstić information content (AvgIpc) is 2.41. The van der Waals surface area contributed by atoms with E-state index >= 15 is 0 Å². The summed E-state index contributed by atoms with van der Waals surface area (Å²) in [5, 5.41) is 19.3. The number of aliphatic hydroxyl groups excluding tert-OH is 2. The Morgan fingerprint density at radius 3 is 2.36 bits per heavy atom. The molecular formula is C12H22O2. The minimum Gasteiger partial charge on any atom is -0.396 e. The second kappa shape index (κ2) is 2.96. The fourth-order valence-corrected chi connectivity index (χ4v) is 4.04. The second-order valence-corrected chi connectivity index (χ2v) is 5.91. The van der Waals surface area contributed by atoms with E-state index in [0.29, 0.717) is 11.8 Å². The average molecular weight is 198 g/mol. The second-order valence-electron chi connectivity index (χ2n) is 5.91. The van der Waals surface area contributed by atoms with Crippen molar-refractivity contribution in [1.82, 2.24) is 0 Å². The van der Waals surface area contributed by atoms with Crippen LogP contribution in [-0.2, 0) is 0 Å². The Morgan fingerprint density at radius 1 is 1.29 bits per heavy atom. The van der Waals surface area contributed by atoms with E-state index in [0.717, 1.165) is 12.8 Å². The Kier molecular flexibility index (Phi) is 2.20. The molecule has 0 radical (unpaired) electrons. The van der Waals surface area contributed by atoms with E-state index in [1.165, 1.54) is 6.42 Å². The summed E-state index contributed by atoms with van der Waals surface area (Å²) >= 11 is 0. The first-order valence-corrected chi connectivity index (χ1v) is 5.74. The summed E-state index contributed by atoms with van der Waals surface area (Å²) < 4.78 is 0. The molecule has 2 N–H and O–H groups in total. The largest absolute Gasteiger partial charge is 0.396 e. The third-order valence-electron chi connectivity index (χ3n) is 5.41. The predicted molar refractivity (Wildman–Crippen MR) is 55.8 cm³/mol.